The quantitative estimate of drug-likeness (QED) is 0.851. The maximum Gasteiger partial charge on any atom is 0.134 e. The highest BCUT2D eigenvalue weighted by molar-refractivity contribution is 7.98. The number of nitrogen functional groups attached to an aromatic ring is 1. The maximum absolute atomic E-state index is 6.12. The van der Waals surface area contributed by atoms with Crippen molar-refractivity contribution in [2.24, 2.45) is 0 Å². The molecule has 0 aliphatic carbocycles. The molecule has 4 nitrogen and oxygen atoms in total. The number of hydrogen-bond acceptors (Lipinski definition) is 5. The van der Waals surface area contributed by atoms with Crippen LogP contribution in [-0.2, 0) is 11.5 Å². The molecule has 2 atom stereocenters. The van der Waals surface area contributed by atoms with Gasteiger partial charge in [-0.2, -0.15) is 11.8 Å². The van der Waals surface area contributed by atoms with Gasteiger partial charge in [-0.05, 0) is 32.7 Å². The predicted octanol–water partition coefficient (Wildman–Crippen LogP) is 2.15. The lowest BCUT2D eigenvalue weighted by Gasteiger charge is -2.35. The second-order valence-corrected chi connectivity index (χ2v) is 7.09. The molecule has 2 saturated heterocycles. The van der Waals surface area contributed by atoms with Crippen molar-refractivity contribution in [3.05, 3.63) is 17.1 Å². The summed E-state index contributed by atoms with van der Waals surface area (Å²) in [5.74, 6) is 4.26. The Kier molecular flexibility index (Phi) is 2.74. The Labute approximate surface area is 118 Å². The first-order chi connectivity index (χ1) is 9.22. The third-order valence-corrected chi connectivity index (χ3v) is 6.06. The summed E-state index contributed by atoms with van der Waals surface area (Å²) in [6.45, 7) is 0. The molecule has 102 valence electrons. The van der Waals surface area contributed by atoms with E-state index in [0.29, 0.717) is 5.92 Å². The number of fused-ring (bicyclic) bond motifs is 3. The van der Waals surface area contributed by atoms with Crippen LogP contribution in [0.25, 0.3) is 0 Å². The average Bonchev–Trinajstić information content (AvgIpc) is 2.92. The Hall–Kier alpha value is -0.810. The Morgan fingerprint density at radius 2 is 1.89 bits per heavy atom. The molecule has 0 radical (unpaired) electrons. The monoisotopic (exact) mass is 276 g/mol. The summed E-state index contributed by atoms with van der Waals surface area (Å²) in [7, 11) is 2.27. The lowest BCUT2D eigenvalue weighted by molar-refractivity contribution is 0.159. The molecule has 0 aromatic carbocycles. The van der Waals surface area contributed by atoms with Crippen LogP contribution in [0.1, 0.15) is 48.7 Å². The van der Waals surface area contributed by atoms with E-state index in [9.17, 15) is 0 Å². The van der Waals surface area contributed by atoms with Gasteiger partial charge in [0.05, 0.1) is 5.69 Å². The molecule has 0 saturated carbocycles. The number of hydrogen-bond donors (Lipinski definition) is 1. The number of anilines is 1. The minimum atomic E-state index is 0.520. The van der Waals surface area contributed by atoms with Crippen molar-refractivity contribution in [3.63, 3.8) is 0 Å². The first kappa shape index (κ1) is 12.0. The standard InChI is InChI=1S/C14H20N4S/c1-18-9-2-3-10(18)5-8(4-9)14-16-12-7-19-6-11(12)13(15)17-14/h8-10H,2-7H2,1H3,(H2,15,16,17). The molecule has 2 N–H and O–H groups in total. The molecule has 0 spiro atoms. The Morgan fingerprint density at radius 3 is 2.63 bits per heavy atom. The van der Waals surface area contributed by atoms with Gasteiger partial charge in [0.15, 0.2) is 0 Å². The van der Waals surface area contributed by atoms with Gasteiger partial charge >= 0.3 is 0 Å². The average molecular weight is 276 g/mol. The summed E-state index contributed by atoms with van der Waals surface area (Å²) in [6, 6.07) is 1.47. The third-order valence-electron chi connectivity index (χ3n) is 5.09. The second-order valence-electron chi connectivity index (χ2n) is 6.10. The van der Waals surface area contributed by atoms with E-state index in [-0.39, 0.29) is 0 Å². The van der Waals surface area contributed by atoms with Crippen molar-refractivity contribution < 1.29 is 0 Å². The van der Waals surface area contributed by atoms with Gasteiger partial charge in [-0.15, -0.1) is 0 Å². The van der Waals surface area contributed by atoms with Gasteiger partial charge < -0.3 is 10.6 Å². The minimum Gasteiger partial charge on any atom is -0.383 e. The van der Waals surface area contributed by atoms with E-state index >= 15 is 0 Å². The lowest BCUT2D eigenvalue weighted by atomic mass is 9.90. The van der Waals surface area contributed by atoms with Crippen LogP contribution in [0, 0.1) is 0 Å². The summed E-state index contributed by atoms with van der Waals surface area (Å²) >= 11 is 1.90. The van der Waals surface area contributed by atoms with Gasteiger partial charge in [0.25, 0.3) is 0 Å². The van der Waals surface area contributed by atoms with Crippen LogP contribution in [0.4, 0.5) is 5.82 Å². The van der Waals surface area contributed by atoms with Crippen LogP contribution < -0.4 is 5.73 Å². The van der Waals surface area contributed by atoms with E-state index in [2.05, 4.69) is 16.9 Å². The van der Waals surface area contributed by atoms with Gasteiger partial charge in [-0.3, -0.25) is 0 Å². The molecule has 0 amide bonds. The van der Waals surface area contributed by atoms with Crippen LogP contribution in [0.15, 0.2) is 0 Å². The number of thioether (sulfide) groups is 1. The van der Waals surface area contributed by atoms with E-state index in [0.717, 1.165) is 35.2 Å². The summed E-state index contributed by atoms with van der Waals surface area (Å²) in [5, 5.41) is 0. The van der Waals surface area contributed by atoms with Gasteiger partial charge in [-0.25, -0.2) is 9.97 Å². The normalized spacial score (nSPS) is 33.6. The molecule has 1 aromatic rings. The van der Waals surface area contributed by atoms with Crippen molar-refractivity contribution in [3.8, 4) is 0 Å². The van der Waals surface area contributed by atoms with Gasteiger partial charge in [0.2, 0.25) is 0 Å². The second kappa shape index (κ2) is 4.35. The van der Waals surface area contributed by atoms with E-state index < -0.39 is 0 Å². The molecule has 3 aliphatic rings. The summed E-state index contributed by atoms with van der Waals surface area (Å²) < 4.78 is 0. The minimum absolute atomic E-state index is 0.520. The Balaban J connectivity index is 1.65. The molecule has 5 heteroatoms. The maximum atomic E-state index is 6.12. The number of rotatable bonds is 1. The van der Waals surface area contributed by atoms with Crippen LogP contribution >= 0.6 is 11.8 Å². The van der Waals surface area contributed by atoms with Gasteiger partial charge in [0.1, 0.15) is 11.6 Å². The van der Waals surface area contributed by atoms with Crippen LogP contribution in [-0.4, -0.2) is 34.0 Å². The van der Waals surface area contributed by atoms with Crippen LogP contribution in [0.3, 0.4) is 0 Å². The molecular formula is C14H20N4S. The molecule has 3 aliphatic heterocycles. The van der Waals surface area contributed by atoms with Crippen molar-refractivity contribution in [1.82, 2.24) is 14.9 Å². The number of nitrogens with zero attached hydrogens (tertiary/aromatic N) is 3. The van der Waals surface area contributed by atoms with E-state index in [1.165, 1.54) is 36.9 Å². The smallest absolute Gasteiger partial charge is 0.134 e. The predicted molar refractivity (Wildman–Crippen MR) is 78.0 cm³/mol. The molecule has 4 heterocycles. The van der Waals surface area contributed by atoms with Crippen molar-refractivity contribution in [1.29, 1.82) is 0 Å². The molecule has 4 rings (SSSR count). The molecule has 19 heavy (non-hydrogen) atoms. The van der Waals surface area contributed by atoms with Crippen LogP contribution in [0.2, 0.25) is 0 Å². The SMILES string of the molecule is CN1C2CCC1CC(c1nc(N)c3c(n1)CSC3)C2. The highest BCUT2D eigenvalue weighted by Gasteiger charge is 2.40. The zero-order chi connectivity index (χ0) is 13.0. The van der Waals surface area contributed by atoms with Crippen molar-refractivity contribution >= 4 is 17.6 Å². The lowest BCUT2D eigenvalue weighted by Crippen LogP contribution is -2.39. The van der Waals surface area contributed by atoms with Crippen molar-refractivity contribution in [2.45, 2.75) is 55.2 Å². The number of aromatic nitrogens is 2. The van der Waals surface area contributed by atoms with Crippen molar-refractivity contribution in [2.75, 3.05) is 12.8 Å². The molecule has 2 fully saturated rings. The Bertz CT molecular complexity index is 504. The molecule has 1 aromatic heterocycles. The first-order valence-corrected chi connectivity index (χ1v) is 8.32. The van der Waals surface area contributed by atoms with E-state index in [4.69, 9.17) is 10.7 Å². The fourth-order valence-corrected chi connectivity index (χ4v) is 4.95. The number of piperidine rings is 1. The van der Waals surface area contributed by atoms with Gasteiger partial charge in [-0.1, -0.05) is 0 Å². The topological polar surface area (TPSA) is 55.0 Å². The number of nitrogens with two attached hydrogens (primary N) is 1. The molecule has 2 unspecified atom stereocenters. The van der Waals surface area contributed by atoms with Gasteiger partial charge in [0, 0.05) is 35.1 Å². The fraction of sp³-hybridized carbons (Fsp3) is 0.714. The summed E-state index contributed by atoms with van der Waals surface area (Å²) in [5.41, 5.74) is 8.49. The van der Waals surface area contributed by atoms with E-state index in [1.807, 2.05) is 11.8 Å². The Morgan fingerprint density at radius 1 is 1.16 bits per heavy atom. The fourth-order valence-electron chi connectivity index (χ4n) is 3.90. The zero-order valence-corrected chi connectivity index (χ0v) is 12.1. The van der Waals surface area contributed by atoms with Crippen LogP contribution in [0.5, 0.6) is 0 Å². The van der Waals surface area contributed by atoms with E-state index in [1.54, 1.807) is 0 Å². The third kappa shape index (κ3) is 1.86. The molecular weight excluding hydrogens is 256 g/mol. The first-order valence-electron chi connectivity index (χ1n) is 7.17. The highest BCUT2D eigenvalue weighted by Crippen LogP contribution is 2.42. The summed E-state index contributed by atoms with van der Waals surface area (Å²) in [4.78, 5) is 12.0. The summed E-state index contributed by atoms with van der Waals surface area (Å²) in [6.07, 6.45) is 5.10. The zero-order valence-electron chi connectivity index (χ0n) is 11.3. The molecule has 2 bridgehead atoms. The largest absolute Gasteiger partial charge is 0.383 e. The highest BCUT2D eigenvalue weighted by atomic mass is 32.2.